The maximum Gasteiger partial charge on any atom is 0.338 e. The van der Waals surface area contributed by atoms with E-state index in [1.54, 1.807) is 0 Å². The molecule has 0 spiro atoms. The molecule has 1 saturated heterocycles. The van der Waals surface area contributed by atoms with Gasteiger partial charge in [0.25, 0.3) is 0 Å². The van der Waals surface area contributed by atoms with Gasteiger partial charge in [0.05, 0.1) is 11.7 Å². The first-order valence-corrected chi connectivity index (χ1v) is 10.4. The monoisotopic (exact) mass is 373 g/mol. The summed E-state index contributed by atoms with van der Waals surface area (Å²) in [5.74, 6) is -0.256. The number of hydrogen-bond donors (Lipinski definition) is 0. The van der Waals surface area contributed by atoms with Gasteiger partial charge in [0, 0.05) is 17.5 Å². The van der Waals surface area contributed by atoms with Gasteiger partial charge in [0.1, 0.15) is 12.2 Å². The molecule has 150 valence electrons. The van der Waals surface area contributed by atoms with E-state index < -0.39 is 0 Å². The molecule has 1 aliphatic carbocycles. The van der Waals surface area contributed by atoms with Crippen molar-refractivity contribution in [3.63, 3.8) is 0 Å². The van der Waals surface area contributed by atoms with Crippen molar-refractivity contribution in [3.8, 4) is 0 Å². The van der Waals surface area contributed by atoms with Crippen LogP contribution in [0, 0.1) is 0 Å². The Hall–Kier alpha value is -1.39. The van der Waals surface area contributed by atoms with E-state index in [9.17, 15) is 4.79 Å². The smallest absolute Gasteiger partial charge is 0.338 e. The minimum absolute atomic E-state index is 0.0719. The maximum atomic E-state index is 12.8. The second-order valence-corrected chi connectivity index (χ2v) is 9.36. The van der Waals surface area contributed by atoms with E-state index >= 15 is 0 Å². The second kappa shape index (κ2) is 7.92. The number of rotatable bonds is 4. The number of likely N-dealkylation sites (tertiary alicyclic amines) is 1. The molecule has 1 aromatic rings. The zero-order chi connectivity index (χ0) is 19.7. The van der Waals surface area contributed by atoms with Crippen molar-refractivity contribution in [2.24, 2.45) is 0 Å². The Kier molecular flexibility index (Phi) is 5.97. The molecule has 1 aliphatic heterocycles. The van der Waals surface area contributed by atoms with Crippen molar-refractivity contribution < 1.29 is 14.3 Å². The van der Waals surface area contributed by atoms with Crippen LogP contribution >= 0.6 is 0 Å². The number of nitrogens with zero attached hydrogens (tertiary/aromatic N) is 1. The van der Waals surface area contributed by atoms with Crippen LogP contribution in [0.25, 0.3) is 0 Å². The van der Waals surface area contributed by atoms with E-state index in [4.69, 9.17) is 9.47 Å². The highest BCUT2D eigenvalue weighted by Gasteiger charge is 2.53. The van der Waals surface area contributed by atoms with Crippen LogP contribution in [0.3, 0.4) is 0 Å². The third-order valence-corrected chi connectivity index (χ3v) is 6.67. The minimum Gasteiger partial charge on any atom is -0.456 e. The molecule has 0 bridgehead atoms. The highest BCUT2D eigenvalue weighted by atomic mass is 16.6. The molecular weight excluding hydrogens is 338 g/mol. The van der Waals surface area contributed by atoms with Gasteiger partial charge in [-0.05, 0) is 59.7 Å². The molecular formula is C23H35NO3. The van der Waals surface area contributed by atoms with Crippen molar-refractivity contribution in [1.29, 1.82) is 0 Å². The number of piperidine rings is 1. The Morgan fingerprint density at radius 3 is 2.30 bits per heavy atom. The lowest BCUT2D eigenvalue weighted by atomic mass is 9.76. The van der Waals surface area contributed by atoms with Crippen LogP contribution in [0.5, 0.6) is 0 Å². The molecule has 2 aliphatic rings. The molecule has 0 amide bonds. The SMILES string of the molecule is CN1C(C)(C)CC(OC(=O)c2ccccc2)C(OC2CCCCC2)C1(C)C. The van der Waals surface area contributed by atoms with Crippen LogP contribution in [0.15, 0.2) is 30.3 Å². The molecule has 2 unspecified atom stereocenters. The van der Waals surface area contributed by atoms with Gasteiger partial charge in [0.2, 0.25) is 0 Å². The molecule has 0 N–H and O–H groups in total. The van der Waals surface area contributed by atoms with Gasteiger partial charge < -0.3 is 9.47 Å². The van der Waals surface area contributed by atoms with Gasteiger partial charge in [-0.2, -0.15) is 0 Å². The minimum atomic E-state index is -0.256. The molecule has 27 heavy (non-hydrogen) atoms. The van der Waals surface area contributed by atoms with E-state index in [1.807, 2.05) is 30.3 Å². The van der Waals surface area contributed by atoms with Gasteiger partial charge in [-0.3, -0.25) is 4.90 Å². The number of ether oxygens (including phenoxy) is 2. The number of carbonyl (C=O) groups is 1. The van der Waals surface area contributed by atoms with Gasteiger partial charge in [-0.25, -0.2) is 4.79 Å². The molecule has 0 radical (unpaired) electrons. The summed E-state index contributed by atoms with van der Waals surface area (Å²) in [6, 6.07) is 9.27. The Balaban J connectivity index is 1.83. The summed E-state index contributed by atoms with van der Waals surface area (Å²) in [5.41, 5.74) is 0.307. The van der Waals surface area contributed by atoms with Crippen LogP contribution in [0.1, 0.15) is 76.6 Å². The third kappa shape index (κ3) is 4.38. The van der Waals surface area contributed by atoms with Crippen LogP contribution in [-0.2, 0) is 9.47 Å². The summed E-state index contributed by atoms with van der Waals surface area (Å²) in [4.78, 5) is 15.2. The molecule has 1 saturated carbocycles. The molecule has 0 aromatic heterocycles. The molecule has 2 atom stereocenters. The predicted molar refractivity (Wildman–Crippen MR) is 108 cm³/mol. The molecule has 2 fully saturated rings. The van der Waals surface area contributed by atoms with E-state index in [-0.39, 0.29) is 35.4 Å². The summed E-state index contributed by atoms with van der Waals surface area (Å²) in [5, 5.41) is 0. The Labute approximate surface area is 164 Å². The molecule has 1 aromatic carbocycles. The van der Waals surface area contributed by atoms with Crippen LogP contribution in [0.2, 0.25) is 0 Å². The van der Waals surface area contributed by atoms with E-state index in [0.717, 1.165) is 19.3 Å². The molecule has 1 heterocycles. The topological polar surface area (TPSA) is 38.8 Å². The summed E-state index contributed by atoms with van der Waals surface area (Å²) in [7, 11) is 2.16. The van der Waals surface area contributed by atoms with Gasteiger partial charge in [-0.1, -0.05) is 37.5 Å². The first-order valence-electron chi connectivity index (χ1n) is 10.4. The zero-order valence-corrected chi connectivity index (χ0v) is 17.5. The first kappa shape index (κ1) is 20.3. The predicted octanol–water partition coefficient (Wildman–Crippen LogP) is 4.82. The normalized spacial score (nSPS) is 28.6. The number of likely N-dealkylation sites (N-methyl/N-ethyl adjacent to an activating group) is 1. The van der Waals surface area contributed by atoms with E-state index in [1.165, 1.54) is 19.3 Å². The van der Waals surface area contributed by atoms with Gasteiger partial charge in [-0.15, -0.1) is 0 Å². The van der Waals surface area contributed by atoms with Crippen molar-refractivity contribution >= 4 is 5.97 Å². The number of hydrogen-bond acceptors (Lipinski definition) is 4. The average molecular weight is 374 g/mol. The van der Waals surface area contributed by atoms with Crippen LogP contribution < -0.4 is 0 Å². The third-order valence-electron chi connectivity index (χ3n) is 6.67. The average Bonchev–Trinajstić information content (AvgIpc) is 2.65. The van der Waals surface area contributed by atoms with Crippen molar-refractivity contribution in [2.45, 2.75) is 95.6 Å². The van der Waals surface area contributed by atoms with E-state index in [2.05, 4.69) is 39.6 Å². The lowest BCUT2D eigenvalue weighted by molar-refractivity contribution is -0.196. The summed E-state index contributed by atoms with van der Waals surface area (Å²) < 4.78 is 12.7. The Morgan fingerprint density at radius 2 is 1.67 bits per heavy atom. The van der Waals surface area contributed by atoms with Crippen molar-refractivity contribution in [2.75, 3.05) is 7.05 Å². The van der Waals surface area contributed by atoms with Gasteiger partial charge in [0.15, 0.2) is 0 Å². The fourth-order valence-electron chi connectivity index (χ4n) is 4.71. The fraction of sp³-hybridized carbons (Fsp3) is 0.696. The number of carbonyl (C=O) groups excluding carboxylic acids is 1. The summed E-state index contributed by atoms with van der Waals surface area (Å²) in [6.07, 6.45) is 6.64. The lowest BCUT2D eigenvalue weighted by Gasteiger charge is -2.57. The van der Waals surface area contributed by atoms with Gasteiger partial charge >= 0.3 is 5.97 Å². The summed E-state index contributed by atoms with van der Waals surface area (Å²) >= 11 is 0. The van der Waals surface area contributed by atoms with Crippen LogP contribution in [-0.4, -0.2) is 47.3 Å². The second-order valence-electron chi connectivity index (χ2n) is 9.36. The zero-order valence-electron chi connectivity index (χ0n) is 17.5. The Bertz CT molecular complexity index is 634. The fourth-order valence-corrected chi connectivity index (χ4v) is 4.71. The Morgan fingerprint density at radius 1 is 1.04 bits per heavy atom. The molecule has 4 nitrogen and oxygen atoms in total. The van der Waals surface area contributed by atoms with Crippen LogP contribution in [0.4, 0.5) is 0 Å². The van der Waals surface area contributed by atoms with E-state index in [0.29, 0.717) is 5.56 Å². The standard InChI is InChI=1S/C23H35NO3/c1-22(2)16-19(27-21(25)17-12-8-6-9-13-17)20(23(3,4)24(22)5)26-18-14-10-7-11-15-18/h6,8-9,12-13,18-20H,7,10-11,14-16H2,1-5H3. The highest BCUT2D eigenvalue weighted by molar-refractivity contribution is 5.89. The largest absolute Gasteiger partial charge is 0.456 e. The first-order chi connectivity index (χ1) is 12.7. The highest BCUT2D eigenvalue weighted by Crippen LogP contribution is 2.41. The maximum absolute atomic E-state index is 12.8. The summed E-state index contributed by atoms with van der Waals surface area (Å²) in [6.45, 7) is 8.86. The number of benzene rings is 1. The van der Waals surface area contributed by atoms with Crippen molar-refractivity contribution in [1.82, 2.24) is 4.90 Å². The number of esters is 1. The van der Waals surface area contributed by atoms with Crippen molar-refractivity contribution in [3.05, 3.63) is 35.9 Å². The lowest BCUT2D eigenvalue weighted by Crippen LogP contribution is -2.69. The quantitative estimate of drug-likeness (QED) is 0.709. The molecule has 4 heteroatoms. The molecule has 3 rings (SSSR count).